The molecule has 0 spiro atoms. The van der Waals surface area contributed by atoms with Gasteiger partial charge in [0.05, 0.1) is 5.75 Å². The van der Waals surface area contributed by atoms with Crippen LogP contribution < -0.4 is 5.32 Å². The Morgan fingerprint density at radius 1 is 1.22 bits per heavy atom. The number of carbonyl (C=O) groups is 1. The van der Waals surface area contributed by atoms with Crippen molar-refractivity contribution in [2.24, 2.45) is 0 Å². The van der Waals surface area contributed by atoms with Crippen LogP contribution in [0.25, 0.3) is 11.5 Å². The fourth-order valence-electron chi connectivity index (χ4n) is 1.89. The molecular formula is C16H15N5OS. The number of rotatable bonds is 5. The van der Waals surface area contributed by atoms with Gasteiger partial charge in [0, 0.05) is 11.9 Å². The van der Waals surface area contributed by atoms with E-state index in [0.717, 1.165) is 16.9 Å². The van der Waals surface area contributed by atoms with Gasteiger partial charge in [0.2, 0.25) is 11.1 Å². The summed E-state index contributed by atoms with van der Waals surface area (Å²) in [5, 5.41) is 10.3. The molecule has 116 valence electrons. The molecule has 0 aliphatic rings. The van der Waals surface area contributed by atoms with Gasteiger partial charge in [-0.3, -0.25) is 14.9 Å². The SMILES string of the molecule is Cc1ccc(NC(=O)CSc2n[nH]c(-c3ccccn3)n2)cc1. The highest BCUT2D eigenvalue weighted by Crippen LogP contribution is 2.17. The molecule has 2 N–H and O–H groups in total. The summed E-state index contributed by atoms with van der Waals surface area (Å²) >= 11 is 1.27. The van der Waals surface area contributed by atoms with Gasteiger partial charge in [-0.15, -0.1) is 5.10 Å². The largest absolute Gasteiger partial charge is 0.325 e. The second-order valence-electron chi connectivity index (χ2n) is 4.88. The first-order valence-electron chi connectivity index (χ1n) is 7.04. The van der Waals surface area contributed by atoms with Gasteiger partial charge < -0.3 is 5.32 Å². The zero-order chi connectivity index (χ0) is 16.1. The number of nitrogens with zero attached hydrogens (tertiary/aromatic N) is 3. The minimum atomic E-state index is -0.0944. The summed E-state index contributed by atoms with van der Waals surface area (Å²) in [5.41, 5.74) is 2.65. The summed E-state index contributed by atoms with van der Waals surface area (Å²) in [4.78, 5) is 20.5. The molecule has 1 amide bonds. The first-order chi connectivity index (χ1) is 11.2. The van der Waals surface area contributed by atoms with Crippen molar-refractivity contribution in [2.45, 2.75) is 12.1 Å². The third kappa shape index (κ3) is 4.17. The number of hydrogen-bond donors (Lipinski definition) is 2. The third-order valence-corrected chi connectivity index (χ3v) is 3.89. The molecule has 3 rings (SSSR count). The maximum absolute atomic E-state index is 11.9. The Morgan fingerprint density at radius 3 is 2.78 bits per heavy atom. The van der Waals surface area contributed by atoms with Crippen LogP contribution in [0.15, 0.2) is 53.8 Å². The number of carbonyl (C=O) groups excluding carboxylic acids is 1. The molecule has 6 nitrogen and oxygen atoms in total. The van der Waals surface area contributed by atoms with Crippen molar-refractivity contribution in [3.05, 3.63) is 54.2 Å². The van der Waals surface area contributed by atoms with Gasteiger partial charge in [-0.05, 0) is 31.2 Å². The van der Waals surface area contributed by atoms with E-state index in [-0.39, 0.29) is 11.7 Å². The molecule has 2 aromatic heterocycles. The average Bonchev–Trinajstić information content (AvgIpc) is 3.05. The molecular weight excluding hydrogens is 310 g/mol. The standard InChI is InChI=1S/C16H15N5OS/c1-11-5-7-12(8-6-11)18-14(22)10-23-16-19-15(20-21-16)13-4-2-3-9-17-13/h2-9H,10H2,1H3,(H,18,22)(H,19,20,21). The van der Waals surface area contributed by atoms with Crippen LogP contribution in [0.1, 0.15) is 5.56 Å². The Kier molecular flexibility index (Phi) is 4.68. The molecule has 0 saturated heterocycles. The van der Waals surface area contributed by atoms with Gasteiger partial charge in [0.1, 0.15) is 5.69 Å². The van der Waals surface area contributed by atoms with Crippen LogP contribution in [0, 0.1) is 6.92 Å². The highest BCUT2D eigenvalue weighted by molar-refractivity contribution is 7.99. The number of thioether (sulfide) groups is 1. The summed E-state index contributed by atoms with van der Waals surface area (Å²) in [7, 11) is 0. The number of benzene rings is 1. The van der Waals surface area contributed by atoms with Crippen molar-refractivity contribution in [1.29, 1.82) is 0 Å². The minimum Gasteiger partial charge on any atom is -0.325 e. The van der Waals surface area contributed by atoms with Crippen molar-refractivity contribution >= 4 is 23.4 Å². The number of aryl methyl sites for hydroxylation is 1. The highest BCUT2D eigenvalue weighted by Gasteiger charge is 2.09. The highest BCUT2D eigenvalue weighted by atomic mass is 32.2. The van der Waals surface area contributed by atoms with Gasteiger partial charge in [-0.1, -0.05) is 35.5 Å². The number of hydrogen-bond acceptors (Lipinski definition) is 5. The molecule has 0 atom stereocenters. The maximum Gasteiger partial charge on any atom is 0.234 e. The van der Waals surface area contributed by atoms with E-state index in [4.69, 9.17) is 0 Å². The number of H-pyrrole nitrogens is 1. The fourth-order valence-corrected chi connectivity index (χ4v) is 2.49. The van der Waals surface area contributed by atoms with Crippen LogP contribution in [-0.2, 0) is 4.79 Å². The number of amides is 1. The Bertz CT molecular complexity index is 786. The van der Waals surface area contributed by atoms with E-state index in [2.05, 4.69) is 25.5 Å². The van der Waals surface area contributed by atoms with Crippen molar-refractivity contribution in [3.8, 4) is 11.5 Å². The quantitative estimate of drug-likeness (QED) is 0.705. The van der Waals surface area contributed by atoms with Crippen LogP contribution >= 0.6 is 11.8 Å². The lowest BCUT2D eigenvalue weighted by Gasteiger charge is -2.04. The van der Waals surface area contributed by atoms with E-state index < -0.39 is 0 Å². The first-order valence-corrected chi connectivity index (χ1v) is 8.02. The second kappa shape index (κ2) is 7.06. The molecule has 0 fully saturated rings. The second-order valence-corrected chi connectivity index (χ2v) is 5.83. The molecule has 0 saturated carbocycles. The fraction of sp³-hybridized carbons (Fsp3) is 0.125. The first kappa shape index (κ1) is 15.2. The Morgan fingerprint density at radius 2 is 2.04 bits per heavy atom. The van der Waals surface area contributed by atoms with Crippen LogP contribution in [0.4, 0.5) is 5.69 Å². The Hall–Kier alpha value is -2.67. The molecule has 1 aromatic carbocycles. The lowest BCUT2D eigenvalue weighted by atomic mass is 10.2. The third-order valence-electron chi connectivity index (χ3n) is 3.04. The van der Waals surface area contributed by atoms with Crippen LogP contribution in [0.2, 0.25) is 0 Å². The lowest BCUT2D eigenvalue weighted by Crippen LogP contribution is -2.14. The number of anilines is 1. The Balaban J connectivity index is 1.55. The average molecular weight is 325 g/mol. The number of pyridine rings is 1. The number of aromatic amines is 1. The lowest BCUT2D eigenvalue weighted by molar-refractivity contribution is -0.113. The van der Waals surface area contributed by atoms with Crippen molar-refractivity contribution < 1.29 is 4.79 Å². The summed E-state index contributed by atoms with van der Waals surface area (Å²) in [5.74, 6) is 0.739. The van der Waals surface area contributed by atoms with Gasteiger partial charge in [-0.2, -0.15) is 4.98 Å². The van der Waals surface area contributed by atoms with Gasteiger partial charge >= 0.3 is 0 Å². The monoisotopic (exact) mass is 325 g/mol. The summed E-state index contributed by atoms with van der Waals surface area (Å²) in [6.45, 7) is 2.00. The molecule has 0 aliphatic heterocycles. The van der Waals surface area contributed by atoms with Gasteiger partial charge in [-0.25, -0.2) is 0 Å². The maximum atomic E-state index is 11.9. The van der Waals surface area contributed by atoms with Gasteiger partial charge in [0.15, 0.2) is 5.82 Å². The molecule has 7 heteroatoms. The molecule has 0 aliphatic carbocycles. The minimum absolute atomic E-state index is 0.0944. The molecule has 0 bridgehead atoms. The van der Waals surface area contributed by atoms with E-state index in [9.17, 15) is 4.79 Å². The molecule has 0 radical (unpaired) electrons. The predicted molar refractivity (Wildman–Crippen MR) is 90.1 cm³/mol. The van der Waals surface area contributed by atoms with E-state index in [1.807, 2.05) is 49.4 Å². The van der Waals surface area contributed by atoms with Crippen molar-refractivity contribution in [1.82, 2.24) is 20.2 Å². The molecule has 2 heterocycles. The van der Waals surface area contributed by atoms with E-state index >= 15 is 0 Å². The van der Waals surface area contributed by atoms with E-state index in [0.29, 0.717) is 11.0 Å². The summed E-state index contributed by atoms with van der Waals surface area (Å²) in [6.07, 6.45) is 1.69. The van der Waals surface area contributed by atoms with E-state index in [1.165, 1.54) is 11.8 Å². The van der Waals surface area contributed by atoms with E-state index in [1.54, 1.807) is 6.20 Å². The van der Waals surface area contributed by atoms with Crippen molar-refractivity contribution in [2.75, 3.05) is 11.1 Å². The molecule has 0 unspecified atom stereocenters. The van der Waals surface area contributed by atoms with Crippen LogP contribution in [0.5, 0.6) is 0 Å². The summed E-state index contributed by atoms with van der Waals surface area (Å²) in [6, 6.07) is 13.2. The molecule has 23 heavy (non-hydrogen) atoms. The van der Waals surface area contributed by atoms with Gasteiger partial charge in [0.25, 0.3) is 0 Å². The smallest absolute Gasteiger partial charge is 0.234 e. The number of nitrogens with one attached hydrogen (secondary N) is 2. The normalized spacial score (nSPS) is 10.5. The van der Waals surface area contributed by atoms with Crippen LogP contribution in [0.3, 0.4) is 0 Å². The zero-order valence-corrected chi connectivity index (χ0v) is 13.3. The van der Waals surface area contributed by atoms with Crippen molar-refractivity contribution in [3.63, 3.8) is 0 Å². The summed E-state index contributed by atoms with van der Waals surface area (Å²) < 4.78 is 0. The Labute approximate surface area is 137 Å². The van der Waals surface area contributed by atoms with Crippen LogP contribution in [-0.4, -0.2) is 31.8 Å². The topological polar surface area (TPSA) is 83.6 Å². The zero-order valence-electron chi connectivity index (χ0n) is 12.5. The molecule has 3 aromatic rings. The predicted octanol–water partition coefficient (Wildman–Crippen LogP) is 2.91. The number of aromatic nitrogens is 4.